The summed E-state index contributed by atoms with van der Waals surface area (Å²) in [7, 11) is 0. The number of hydrogen-bond donors (Lipinski definition) is 2. The summed E-state index contributed by atoms with van der Waals surface area (Å²) in [4.78, 5) is 16.9. The van der Waals surface area contributed by atoms with Crippen LogP contribution in [0.1, 0.15) is 32.4 Å². The number of fused-ring (bicyclic) bond motifs is 1. The van der Waals surface area contributed by atoms with Gasteiger partial charge >= 0.3 is 0 Å². The first kappa shape index (κ1) is 14.0. The molecule has 0 saturated carbocycles. The largest absolute Gasteiger partial charge is 0.394 e. The van der Waals surface area contributed by atoms with Gasteiger partial charge in [0, 0.05) is 11.8 Å². The van der Waals surface area contributed by atoms with E-state index in [-0.39, 0.29) is 18.2 Å². The molecule has 104 valence electrons. The fourth-order valence-electron chi connectivity index (χ4n) is 1.75. The van der Waals surface area contributed by atoms with Crippen molar-refractivity contribution in [3.63, 3.8) is 0 Å². The van der Waals surface area contributed by atoms with E-state index in [0.717, 1.165) is 25.0 Å². The number of nitrogens with zero attached hydrogens (tertiary/aromatic N) is 3. The van der Waals surface area contributed by atoms with E-state index in [0.29, 0.717) is 10.1 Å². The van der Waals surface area contributed by atoms with Gasteiger partial charge in [-0.3, -0.25) is 4.79 Å². The van der Waals surface area contributed by atoms with Crippen molar-refractivity contribution >= 4 is 21.4 Å². The molecule has 0 bridgehead atoms. The van der Waals surface area contributed by atoms with Crippen molar-refractivity contribution in [1.29, 1.82) is 0 Å². The summed E-state index contributed by atoms with van der Waals surface area (Å²) < 4.78 is 1.30. The zero-order valence-electron chi connectivity index (χ0n) is 11.1. The zero-order valence-corrected chi connectivity index (χ0v) is 11.9. The quantitative estimate of drug-likeness (QED) is 0.834. The van der Waals surface area contributed by atoms with Gasteiger partial charge in [-0.2, -0.15) is 4.52 Å². The number of aromatic nitrogens is 3. The van der Waals surface area contributed by atoms with Crippen LogP contribution in [-0.4, -0.2) is 32.4 Å². The summed E-state index contributed by atoms with van der Waals surface area (Å²) in [5, 5.41) is 17.1. The summed E-state index contributed by atoms with van der Waals surface area (Å²) in [6.07, 6.45) is 2.53. The van der Waals surface area contributed by atoms with E-state index >= 15 is 0 Å². The van der Waals surface area contributed by atoms with Crippen LogP contribution >= 0.6 is 11.3 Å². The Morgan fingerprint density at radius 2 is 2.32 bits per heavy atom. The highest BCUT2D eigenvalue weighted by Gasteiger charge is 2.11. The molecule has 2 rings (SSSR count). The molecule has 0 radical (unpaired) electrons. The van der Waals surface area contributed by atoms with Crippen molar-refractivity contribution in [3.8, 4) is 0 Å². The maximum atomic E-state index is 11.9. The molecule has 0 aromatic carbocycles. The summed E-state index contributed by atoms with van der Waals surface area (Å²) in [6, 6.07) is 1.48. The van der Waals surface area contributed by atoms with E-state index in [2.05, 4.69) is 22.3 Å². The first-order valence-corrected chi connectivity index (χ1v) is 7.26. The highest BCUT2D eigenvalue weighted by Crippen LogP contribution is 2.18. The van der Waals surface area contributed by atoms with Crippen molar-refractivity contribution in [1.82, 2.24) is 14.6 Å². The first-order valence-electron chi connectivity index (χ1n) is 6.45. The minimum absolute atomic E-state index is 0.0375. The lowest BCUT2D eigenvalue weighted by Gasteiger charge is -2.11. The Bertz CT molecular complexity index is 603. The molecule has 0 aliphatic heterocycles. The van der Waals surface area contributed by atoms with Crippen molar-refractivity contribution in [3.05, 3.63) is 22.1 Å². The van der Waals surface area contributed by atoms with E-state index < -0.39 is 0 Å². The highest BCUT2D eigenvalue weighted by atomic mass is 32.1. The second kappa shape index (κ2) is 6.12. The Hall–Kier alpha value is -1.47. The number of aryl methyl sites for hydroxylation is 1. The Kier molecular flexibility index (Phi) is 4.49. The SMILES string of the molecule is CCCc1cc(=O)n2nc(N[C@H](CC)CO)sc2n1. The summed E-state index contributed by atoms with van der Waals surface area (Å²) in [6.45, 7) is 4.07. The van der Waals surface area contributed by atoms with Crippen LogP contribution in [0.3, 0.4) is 0 Å². The molecule has 1 atom stereocenters. The Balaban J connectivity index is 2.34. The molecular weight excluding hydrogens is 264 g/mol. The standard InChI is InChI=1S/C12H18N4O2S/c1-3-5-9-6-10(18)16-12(14-9)19-11(15-16)13-8(4-2)7-17/h6,8,17H,3-5,7H2,1-2H3,(H,13,15)/t8-/m1/s1. The average Bonchev–Trinajstić information content (AvgIpc) is 2.79. The fourth-order valence-corrected chi connectivity index (χ4v) is 2.65. The van der Waals surface area contributed by atoms with Crippen molar-refractivity contribution in [2.45, 2.75) is 39.2 Å². The number of rotatable bonds is 6. The van der Waals surface area contributed by atoms with E-state index in [4.69, 9.17) is 5.11 Å². The maximum Gasteiger partial charge on any atom is 0.275 e. The second-order valence-electron chi connectivity index (χ2n) is 4.37. The fraction of sp³-hybridized carbons (Fsp3) is 0.583. The summed E-state index contributed by atoms with van der Waals surface area (Å²) in [5.41, 5.74) is 0.645. The van der Waals surface area contributed by atoms with Gasteiger partial charge in [-0.15, -0.1) is 5.10 Å². The number of hydrogen-bond acceptors (Lipinski definition) is 6. The Morgan fingerprint density at radius 1 is 1.53 bits per heavy atom. The van der Waals surface area contributed by atoms with Crippen molar-refractivity contribution in [2.75, 3.05) is 11.9 Å². The molecular formula is C12H18N4O2S. The number of aliphatic hydroxyl groups excluding tert-OH is 1. The third-order valence-electron chi connectivity index (χ3n) is 2.84. The van der Waals surface area contributed by atoms with Crippen LogP contribution in [0.15, 0.2) is 10.9 Å². The molecule has 0 spiro atoms. The van der Waals surface area contributed by atoms with E-state index in [1.165, 1.54) is 21.9 Å². The minimum atomic E-state index is -0.158. The molecule has 0 unspecified atom stereocenters. The third-order valence-corrected chi connectivity index (χ3v) is 3.68. The molecule has 0 fully saturated rings. The number of anilines is 1. The molecule has 2 N–H and O–H groups in total. The van der Waals surface area contributed by atoms with Crippen LogP contribution < -0.4 is 10.9 Å². The van der Waals surface area contributed by atoms with Crippen molar-refractivity contribution < 1.29 is 5.11 Å². The number of aliphatic hydroxyl groups is 1. The molecule has 2 heterocycles. The predicted molar refractivity (Wildman–Crippen MR) is 75.9 cm³/mol. The van der Waals surface area contributed by atoms with Crippen LogP contribution in [0, 0.1) is 0 Å². The Morgan fingerprint density at radius 3 is 2.95 bits per heavy atom. The second-order valence-corrected chi connectivity index (χ2v) is 5.33. The van der Waals surface area contributed by atoms with Gasteiger partial charge in [0.1, 0.15) is 0 Å². The smallest absolute Gasteiger partial charge is 0.275 e. The van der Waals surface area contributed by atoms with Gasteiger partial charge in [-0.1, -0.05) is 31.6 Å². The van der Waals surface area contributed by atoms with Gasteiger partial charge < -0.3 is 10.4 Å². The maximum absolute atomic E-state index is 11.9. The average molecular weight is 282 g/mol. The van der Waals surface area contributed by atoms with Gasteiger partial charge in [0.05, 0.1) is 12.6 Å². The molecule has 2 aromatic rings. The van der Waals surface area contributed by atoms with Gasteiger partial charge in [0.2, 0.25) is 10.1 Å². The molecule has 19 heavy (non-hydrogen) atoms. The van der Waals surface area contributed by atoms with E-state index in [1.807, 2.05) is 6.92 Å². The number of nitrogens with one attached hydrogen (secondary N) is 1. The highest BCUT2D eigenvalue weighted by molar-refractivity contribution is 7.20. The van der Waals surface area contributed by atoms with Crippen LogP contribution in [-0.2, 0) is 6.42 Å². The molecule has 0 aliphatic carbocycles. The van der Waals surface area contributed by atoms with Crippen LogP contribution in [0.2, 0.25) is 0 Å². The van der Waals surface area contributed by atoms with Crippen LogP contribution in [0.25, 0.3) is 4.96 Å². The normalized spacial score (nSPS) is 12.8. The van der Waals surface area contributed by atoms with Gasteiger partial charge in [0.25, 0.3) is 5.56 Å². The monoisotopic (exact) mass is 282 g/mol. The van der Waals surface area contributed by atoms with Crippen LogP contribution in [0.4, 0.5) is 5.13 Å². The summed E-state index contributed by atoms with van der Waals surface area (Å²) in [5.74, 6) is 0. The van der Waals surface area contributed by atoms with E-state index in [1.54, 1.807) is 0 Å². The lowest BCUT2D eigenvalue weighted by atomic mass is 10.2. The zero-order chi connectivity index (χ0) is 13.8. The van der Waals surface area contributed by atoms with Gasteiger partial charge in [-0.25, -0.2) is 4.98 Å². The van der Waals surface area contributed by atoms with Crippen LogP contribution in [0.5, 0.6) is 0 Å². The minimum Gasteiger partial charge on any atom is -0.394 e. The van der Waals surface area contributed by atoms with E-state index in [9.17, 15) is 4.79 Å². The predicted octanol–water partition coefficient (Wildman–Crippen LogP) is 1.29. The molecule has 7 heteroatoms. The molecule has 0 aliphatic rings. The summed E-state index contributed by atoms with van der Waals surface area (Å²) >= 11 is 1.33. The third kappa shape index (κ3) is 3.10. The molecule has 2 aromatic heterocycles. The first-order chi connectivity index (χ1) is 9.17. The molecule has 6 nitrogen and oxygen atoms in total. The molecule has 0 saturated heterocycles. The van der Waals surface area contributed by atoms with Gasteiger partial charge in [0.15, 0.2) is 0 Å². The lowest BCUT2D eigenvalue weighted by Crippen LogP contribution is -2.23. The lowest BCUT2D eigenvalue weighted by molar-refractivity contribution is 0.271. The Labute approximate surface area is 115 Å². The van der Waals surface area contributed by atoms with Crippen molar-refractivity contribution in [2.24, 2.45) is 0 Å². The molecule has 0 amide bonds. The topological polar surface area (TPSA) is 79.5 Å². The van der Waals surface area contributed by atoms with Gasteiger partial charge in [-0.05, 0) is 12.8 Å².